The van der Waals surface area contributed by atoms with E-state index in [1.807, 2.05) is 36.9 Å². The second-order valence-corrected chi connectivity index (χ2v) is 4.17. The molecular weight excluding hydrogens is 214 g/mol. The van der Waals surface area contributed by atoms with Crippen LogP contribution in [0.3, 0.4) is 0 Å². The van der Waals surface area contributed by atoms with Crippen molar-refractivity contribution in [2.24, 2.45) is 7.05 Å². The van der Waals surface area contributed by atoms with E-state index in [0.717, 1.165) is 29.6 Å². The van der Waals surface area contributed by atoms with Gasteiger partial charge in [0.2, 0.25) is 5.91 Å². The maximum atomic E-state index is 11.7. The average molecular weight is 231 g/mol. The van der Waals surface area contributed by atoms with Gasteiger partial charge in [-0.3, -0.25) is 4.79 Å². The molecule has 0 aliphatic heterocycles. The lowest BCUT2D eigenvalue weighted by Crippen LogP contribution is -2.25. The molecule has 0 fully saturated rings. The smallest absolute Gasteiger partial charge is 0.224 e. The van der Waals surface area contributed by atoms with Gasteiger partial charge >= 0.3 is 0 Å². The van der Waals surface area contributed by atoms with Gasteiger partial charge in [0.25, 0.3) is 0 Å². The predicted molar refractivity (Wildman–Crippen MR) is 67.7 cm³/mol. The number of nitrogens with one attached hydrogen (secondary N) is 1. The van der Waals surface area contributed by atoms with Gasteiger partial charge in [0, 0.05) is 31.4 Å². The monoisotopic (exact) mass is 231 g/mol. The Balaban J connectivity index is 2.21. The number of carbonyl (C=O) groups is 1. The summed E-state index contributed by atoms with van der Waals surface area (Å²) < 4.78 is 1.96. The molecule has 0 aliphatic rings. The van der Waals surface area contributed by atoms with Crippen molar-refractivity contribution >= 4 is 16.9 Å². The number of aryl methyl sites for hydroxylation is 1. The zero-order valence-electron chi connectivity index (χ0n) is 10.2. The summed E-state index contributed by atoms with van der Waals surface area (Å²) in [6.45, 7) is 2.78. The second-order valence-electron chi connectivity index (χ2n) is 4.17. The van der Waals surface area contributed by atoms with Crippen LogP contribution in [0, 0.1) is 0 Å². The molecule has 0 saturated heterocycles. The van der Waals surface area contributed by atoms with Gasteiger partial charge in [-0.1, -0.05) is 6.92 Å². The SMILES string of the molecule is CCCNC(=O)Cc1cn(C)c2ncccc12. The molecule has 0 bridgehead atoms. The molecule has 2 rings (SSSR count). The molecule has 4 nitrogen and oxygen atoms in total. The largest absolute Gasteiger partial charge is 0.356 e. The van der Waals surface area contributed by atoms with Crippen LogP contribution in [0.15, 0.2) is 24.5 Å². The minimum absolute atomic E-state index is 0.0724. The Morgan fingerprint density at radius 3 is 3.12 bits per heavy atom. The molecule has 0 unspecified atom stereocenters. The third kappa shape index (κ3) is 2.46. The molecule has 1 N–H and O–H groups in total. The molecular formula is C13H17N3O. The van der Waals surface area contributed by atoms with E-state index in [1.165, 1.54) is 0 Å². The molecule has 2 heterocycles. The van der Waals surface area contributed by atoms with E-state index in [-0.39, 0.29) is 5.91 Å². The van der Waals surface area contributed by atoms with Crippen molar-refractivity contribution in [1.29, 1.82) is 0 Å². The standard InChI is InChI=1S/C13H17N3O/c1-3-6-14-12(17)8-10-9-16(2)13-11(10)5-4-7-15-13/h4-5,7,9H,3,6,8H2,1-2H3,(H,14,17). The van der Waals surface area contributed by atoms with E-state index < -0.39 is 0 Å². The highest BCUT2D eigenvalue weighted by Crippen LogP contribution is 2.18. The highest BCUT2D eigenvalue weighted by molar-refractivity contribution is 5.87. The van der Waals surface area contributed by atoms with Crippen molar-refractivity contribution in [2.45, 2.75) is 19.8 Å². The fourth-order valence-electron chi connectivity index (χ4n) is 1.93. The highest BCUT2D eigenvalue weighted by atomic mass is 16.1. The van der Waals surface area contributed by atoms with Gasteiger partial charge < -0.3 is 9.88 Å². The van der Waals surface area contributed by atoms with Crippen molar-refractivity contribution in [3.05, 3.63) is 30.1 Å². The molecule has 2 aromatic heterocycles. The van der Waals surface area contributed by atoms with Gasteiger partial charge in [0.1, 0.15) is 5.65 Å². The number of nitrogens with zero attached hydrogens (tertiary/aromatic N) is 2. The lowest BCUT2D eigenvalue weighted by molar-refractivity contribution is -0.120. The number of hydrogen-bond donors (Lipinski definition) is 1. The molecule has 0 spiro atoms. The van der Waals surface area contributed by atoms with E-state index in [9.17, 15) is 4.79 Å². The maximum Gasteiger partial charge on any atom is 0.224 e. The van der Waals surface area contributed by atoms with Crippen molar-refractivity contribution in [2.75, 3.05) is 6.54 Å². The van der Waals surface area contributed by atoms with Crippen molar-refractivity contribution in [3.63, 3.8) is 0 Å². The van der Waals surface area contributed by atoms with E-state index in [2.05, 4.69) is 10.3 Å². The highest BCUT2D eigenvalue weighted by Gasteiger charge is 2.10. The fraction of sp³-hybridized carbons (Fsp3) is 0.385. The summed E-state index contributed by atoms with van der Waals surface area (Å²) in [7, 11) is 1.95. The number of rotatable bonds is 4. The first-order valence-corrected chi connectivity index (χ1v) is 5.88. The third-order valence-electron chi connectivity index (χ3n) is 2.74. The Morgan fingerprint density at radius 2 is 2.35 bits per heavy atom. The van der Waals surface area contributed by atoms with Crippen LogP contribution in [0.5, 0.6) is 0 Å². The summed E-state index contributed by atoms with van der Waals surface area (Å²) in [5.41, 5.74) is 1.95. The number of fused-ring (bicyclic) bond motifs is 1. The fourth-order valence-corrected chi connectivity index (χ4v) is 1.93. The van der Waals surface area contributed by atoms with Gasteiger partial charge in [0.15, 0.2) is 0 Å². The zero-order chi connectivity index (χ0) is 12.3. The van der Waals surface area contributed by atoms with Crippen molar-refractivity contribution in [1.82, 2.24) is 14.9 Å². The Labute approximate surface area is 101 Å². The van der Waals surface area contributed by atoms with E-state index in [0.29, 0.717) is 6.42 Å². The molecule has 0 aromatic carbocycles. The van der Waals surface area contributed by atoms with Gasteiger partial charge in [-0.25, -0.2) is 4.98 Å². The maximum absolute atomic E-state index is 11.7. The first-order chi connectivity index (χ1) is 8.22. The number of pyridine rings is 1. The Kier molecular flexibility index (Phi) is 3.42. The van der Waals surface area contributed by atoms with E-state index in [4.69, 9.17) is 0 Å². The van der Waals surface area contributed by atoms with E-state index >= 15 is 0 Å². The van der Waals surface area contributed by atoms with Crippen LogP contribution in [0.2, 0.25) is 0 Å². The van der Waals surface area contributed by atoms with Gasteiger partial charge in [-0.2, -0.15) is 0 Å². The van der Waals surface area contributed by atoms with Crippen LogP contribution in [-0.2, 0) is 18.3 Å². The predicted octanol–water partition coefficient (Wildman–Crippen LogP) is 1.64. The summed E-state index contributed by atoms with van der Waals surface area (Å²) in [6.07, 6.45) is 5.12. The Hall–Kier alpha value is -1.84. The normalized spacial score (nSPS) is 10.7. The summed E-state index contributed by atoms with van der Waals surface area (Å²) in [5.74, 6) is 0.0724. The molecule has 0 aliphatic carbocycles. The molecule has 17 heavy (non-hydrogen) atoms. The van der Waals surface area contributed by atoms with E-state index in [1.54, 1.807) is 6.20 Å². The third-order valence-corrected chi connectivity index (χ3v) is 2.74. The molecule has 4 heteroatoms. The van der Waals surface area contributed by atoms with Crippen molar-refractivity contribution < 1.29 is 4.79 Å². The average Bonchev–Trinajstić information content (AvgIpc) is 2.65. The minimum atomic E-state index is 0.0724. The summed E-state index contributed by atoms with van der Waals surface area (Å²) >= 11 is 0. The molecule has 2 aromatic rings. The first kappa shape index (κ1) is 11.6. The molecule has 0 radical (unpaired) electrons. The molecule has 90 valence electrons. The van der Waals surface area contributed by atoms with Gasteiger partial charge in [-0.05, 0) is 24.1 Å². The summed E-state index contributed by atoms with van der Waals surface area (Å²) in [6, 6.07) is 3.90. The molecule has 0 atom stereocenters. The number of amides is 1. The van der Waals surface area contributed by atoms with Gasteiger partial charge in [-0.15, -0.1) is 0 Å². The zero-order valence-corrected chi connectivity index (χ0v) is 10.2. The Bertz CT molecular complexity index is 530. The van der Waals surface area contributed by atoms with Crippen LogP contribution in [0.4, 0.5) is 0 Å². The summed E-state index contributed by atoms with van der Waals surface area (Å²) in [5, 5.41) is 3.94. The number of hydrogen-bond acceptors (Lipinski definition) is 2. The van der Waals surface area contributed by atoms with Crippen LogP contribution < -0.4 is 5.32 Å². The second kappa shape index (κ2) is 4.99. The molecule has 0 saturated carbocycles. The topological polar surface area (TPSA) is 46.9 Å². The van der Waals surface area contributed by atoms with Crippen molar-refractivity contribution in [3.8, 4) is 0 Å². The lowest BCUT2D eigenvalue weighted by Gasteiger charge is -2.01. The molecule has 1 amide bonds. The van der Waals surface area contributed by atoms with Gasteiger partial charge in [0.05, 0.1) is 6.42 Å². The Morgan fingerprint density at radius 1 is 1.53 bits per heavy atom. The number of carbonyl (C=O) groups excluding carboxylic acids is 1. The number of aromatic nitrogens is 2. The van der Waals surface area contributed by atoms with Crippen LogP contribution in [0.1, 0.15) is 18.9 Å². The first-order valence-electron chi connectivity index (χ1n) is 5.88. The van der Waals surface area contributed by atoms with Crippen LogP contribution >= 0.6 is 0 Å². The quantitative estimate of drug-likeness (QED) is 0.869. The lowest BCUT2D eigenvalue weighted by atomic mass is 10.1. The minimum Gasteiger partial charge on any atom is -0.356 e. The van der Waals surface area contributed by atoms with Crippen LogP contribution in [-0.4, -0.2) is 22.0 Å². The summed E-state index contributed by atoms with van der Waals surface area (Å²) in [4.78, 5) is 16.0. The van der Waals surface area contributed by atoms with Crippen LogP contribution in [0.25, 0.3) is 11.0 Å².